The molecule has 1 amide bonds. The van der Waals surface area contributed by atoms with Gasteiger partial charge in [0, 0.05) is 23.8 Å². The molecule has 0 aliphatic heterocycles. The number of carboxylic acids is 1. The van der Waals surface area contributed by atoms with Gasteiger partial charge in [-0.3, -0.25) is 5.32 Å². The second-order valence-corrected chi connectivity index (χ2v) is 5.70. The van der Waals surface area contributed by atoms with Gasteiger partial charge in [-0.1, -0.05) is 19.2 Å². The predicted octanol–water partition coefficient (Wildman–Crippen LogP) is 3.25. The lowest BCUT2D eigenvalue weighted by Crippen LogP contribution is -2.27. The van der Waals surface area contributed by atoms with Gasteiger partial charge in [-0.05, 0) is 32.4 Å². The topological polar surface area (TPSA) is 88.5 Å². The first-order valence-electron chi connectivity index (χ1n) is 6.65. The van der Waals surface area contributed by atoms with Crippen LogP contribution in [-0.2, 0) is 16.0 Å². The SMILES string of the molecule is C=Cc1cc(CC(=C)C(=O)O)cnc1NC(=O)OC(C)(C)C. The largest absolute Gasteiger partial charge is 0.478 e. The minimum Gasteiger partial charge on any atom is -0.478 e. The van der Waals surface area contributed by atoms with Crippen molar-refractivity contribution in [3.8, 4) is 0 Å². The van der Waals surface area contributed by atoms with Gasteiger partial charge in [0.25, 0.3) is 0 Å². The first kappa shape index (κ1) is 17.4. The fourth-order valence-corrected chi connectivity index (χ4v) is 1.61. The molecule has 0 atom stereocenters. The fourth-order valence-electron chi connectivity index (χ4n) is 1.61. The van der Waals surface area contributed by atoms with Crippen LogP contribution < -0.4 is 5.32 Å². The molecule has 0 fully saturated rings. The minimum absolute atomic E-state index is 0.0599. The lowest BCUT2D eigenvalue weighted by Gasteiger charge is -2.20. The third kappa shape index (κ3) is 5.40. The Bertz CT molecular complexity index is 615. The van der Waals surface area contributed by atoms with E-state index in [1.165, 1.54) is 12.3 Å². The Kier molecular flexibility index (Phi) is 5.45. The lowest BCUT2D eigenvalue weighted by atomic mass is 10.1. The zero-order chi connectivity index (χ0) is 16.9. The van der Waals surface area contributed by atoms with E-state index in [-0.39, 0.29) is 12.0 Å². The van der Waals surface area contributed by atoms with Crippen molar-refractivity contribution in [1.82, 2.24) is 4.98 Å². The highest BCUT2D eigenvalue weighted by Crippen LogP contribution is 2.18. The number of nitrogens with zero attached hydrogens (tertiary/aromatic N) is 1. The van der Waals surface area contributed by atoms with Crippen LogP contribution in [0.15, 0.2) is 31.0 Å². The molecule has 1 aromatic rings. The summed E-state index contributed by atoms with van der Waals surface area (Å²) in [5.41, 5.74) is 0.681. The van der Waals surface area contributed by atoms with Crippen LogP contribution in [-0.4, -0.2) is 27.8 Å². The molecule has 22 heavy (non-hydrogen) atoms. The summed E-state index contributed by atoms with van der Waals surface area (Å²) in [6.45, 7) is 12.4. The zero-order valence-electron chi connectivity index (χ0n) is 13.0. The molecule has 0 aromatic carbocycles. The Morgan fingerprint density at radius 2 is 2.09 bits per heavy atom. The summed E-state index contributed by atoms with van der Waals surface area (Å²) in [6, 6.07) is 1.70. The molecule has 0 saturated heterocycles. The van der Waals surface area contributed by atoms with Crippen LogP contribution in [0.1, 0.15) is 31.9 Å². The number of pyridine rings is 1. The van der Waals surface area contributed by atoms with Gasteiger partial charge in [0.1, 0.15) is 11.4 Å². The lowest BCUT2D eigenvalue weighted by molar-refractivity contribution is -0.132. The molecule has 0 radical (unpaired) electrons. The van der Waals surface area contributed by atoms with E-state index >= 15 is 0 Å². The molecule has 0 bridgehead atoms. The van der Waals surface area contributed by atoms with E-state index in [1.807, 2.05) is 0 Å². The van der Waals surface area contributed by atoms with E-state index in [1.54, 1.807) is 26.8 Å². The van der Waals surface area contributed by atoms with Crippen molar-refractivity contribution < 1.29 is 19.4 Å². The maximum Gasteiger partial charge on any atom is 0.413 e. The summed E-state index contributed by atoms with van der Waals surface area (Å²) in [5, 5.41) is 11.4. The molecule has 6 heteroatoms. The Morgan fingerprint density at radius 3 is 2.59 bits per heavy atom. The van der Waals surface area contributed by atoms with Gasteiger partial charge in [-0.2, -0.15) is 0 Å². The Morgan fingerprint density at radius 1 is 1.45 bits per heavy atom. The van der Waals surface area contributed by atoms with Crippen LogP contribution in [0.3, 0.4) is 0 Å². The summed E-state index contributed by atoms with van der Waals surface area (Å²) in [6.07, 6.45) is 2.54. The predicted molar refractivity (Wildman–Crippen MR) is 84.7 cm³/mol. The molecule has 6 nitrogen and oxygen atoms in total. The molecule has 0 aliphatic carbocycles. The summed E-state index contributed by atoms with van der Waals surface area (Å²) in [7, 11) is 0. The second kappa shape index (κ2) is 6.89. The number of aliphatic carboxylic acids is 1. The van der Waals surface area contributed by atoms with Crippen molar-refractivity contribution in [2.75, 3.05) is 5.32 Å². The molecule has 0 aliphatic rings. The van der Waals surface area contributed by atoms with Crippen LogP contribution in [0, 0.1) is 0 Å². The van der Waals surface area contributed by atoms with E-state index in [0.717, 1.165) is 0 Å². The molecule has 118 valence electrons. The summed E-state index contributed by atoms with van der Waals surface area (Å²) in [5.74, 6) is -0.759. The third-order valence-corrected chi connectivity index (χ3v) is 2.53. The van der Waals surface area contributed by atoms with Gasteiger partial charge in [0.15, 0.2) is 0 Å². The van der Waals surface area contributed by atoms with Gasteiger partial charge >= 0.3 is 12.1 Å². The van der Waals surface area contributed by atoms with Crippen molar-refractivity contribution in [2.24, 2.45) is 0 Å². The van der Waals surface area contributed by atoms with Crippen molar-refractivity contribution in [2.45, 2.75) is 32.8 Å². The highest BCUT2D eigenvalue weighted by molar-refractivity contribution is 5.87. The molecule has 0 saturated carbocycles. The molecular weight excluding hydrogens is 284 g/mol. The van der Waals surface area contributed by atoms with E-state index in [2.05, 4.69) is 23.5 Å². The summed E-state index contributed by atoms with van der Waals surface area (Å²) < 4.78 is 5.15. The number of carbonyl (C=O) groups is 2. The summed E-state index contributed by atoms with van der Waals surface area (Å²) in [4.78, 5) is 26.7. The van der Waals surface area contributed by atoms with E-state index in [4.69, 9.17) is 9.84 Å². The average Bonchev–Trinajstić information content (AvgIpc) is 2.38. The van der Waals surface area contributed by atoms with Gasteiger partial charge in [-0.15, -0.1) is 0 Å². The summed E-state index contributed by atoms with van der Waals surface area (Å²) >= 11 is 0. The van der Waals surface area contributed by atoms with E-state index in [0.29, 0.717) is 16.9 Å². The standard InChI is InChI=1S/C16H20N2O4/c1-6-12-8-11(7-10(2)14(19)20)9-17-13(12)18-15(21)22-16(3,4)5/h6,8-9H,1-2,7H2,3-5H3,(H,19,20)(H,17,18,21). The highest BCUT2D eigenvalue weighted by atomic mass is 16.6. The van der Waals surface area contributed by atoms with Gasteiger partial charge in [0.2, 0.25) is 0 Å². The maximum absolute atomic E-state index is 11.7. The first-order valence-corrected chi connectivity index (χ1v) is 6.65. The molecule has 0 unspecified atom stereocenters. The average molecular weight is 304 g/mol. The number of hydrogen-bond donors (Lipinski definition) is 2. The van der Waals surface area contributed by atoms with Crippen molar-refractivity contribution in [1.29, 1.82) is 0 Å². The number of aromatic nitrogens is 1. The first-order chi connectivity index (χ1) is 10.1. The fraction of sp³-hybridized carbons (Fsp3) is 0.312. The monoisotopic (exact) mass is 304 g/mol. The molecule has 1 aromatic heterocycles. The van der Waals surface area contributed by atoms with Gasteiger partial charge < -0.3 is 9.84 Å². The number of rotatable bonds is 5. The smallest absolute Gasteiger partial charge is 0.413 e. The molecule has 2 N–H and O–H groups in total. The van der Waals surface area contributed by atoms with Gasteiger partial charge in [0.05, 0.1) is 0 Å². The second-order valence-electron chi connectivity index (χ2n) is 5.70. The number of anilines is 1. The van der Waals surface area contributed by atoms with Crippen LogP contribution in [0.4, 0.5) is 10.6 Å². The molecular formula is C16H20N2O4. The van der Waals surface area contributed by atoms with Crippen molar-refractivity contribution in [3.63, 3.8) is 0 Å². The maximum atomic E-state index is 11.7. The number of nitrogens with one attached hydrogen (secondary N) is 1. The quantitative estimate of drug-likeness (QED) is 0.815. The third-order valence-electron chi connectivity index (χ3n) is 2.53. The zero-order valence-corrected chi connectivity index (χ0v) is 13.0. The number of ether oxygens (including phenoxy) is 1. The van der Waals surface area contributed by atoms with Crippen LogP contribution in [0.25, 0.3) is 6.08 Å². The van der Waals surface area contributed by atoms with Crippen molar-refractivity contribution in [3.05, 3.63) is 42.1 Å². The number of carboxylic acid groups (broad SMARTS) is 1. The minimum atomic E-state index is -1.06. The Balaban J connectivity index is 2.90. The van der Waals surface area contributed by atoms with Gasteiger partial charge in [-0.25, -0.2) is 14.6 Å². The van der Waals surface area contributed by atoms with Crippen molar-refractivity contribution >= 4 is 24.0 Å². The van der Waals surface area contributed by atoms with Crippen LogP contribution in [0.2, 0.25) is 0 Å². The number of carbonyl (C=O) groups excluding carboxylic acids is 1. The Hall–Kier alpha value is -2.63. The van der Waals surface area contributed by atoms with E-state index in [9.17, 15) is 9.59 Å². The molecule has 1 rings (SSSR count). The molecule has 0 spiro atoms. The number of hydrogen-bond acceptors (Lipinski definition) is 4. The highest BCUT2D eigenvalue weighted by Gasteiger charge is 2.17. The van der Waals surface area contributed by atoms with E-state index < -0.39 is 17.7 Å². The van der Waals surface area contributed by atoms with Crippen LogP contribution >= 0.6 is 0 Å². The number of amides is 1. The van der Waals surface area contributed by atoms with Crippen LogP contribution in [0.5, 0.6) is 0 Å². The normalized spacial score (nSPS) is 10.7. The Labute approximate surface area is 129 Å². The molecule has 1 heterocycles.